The SMILES string of the molecule is CC1CCC(C(C)(C)Cc2cc(Cl)ccc2Cl)C(=O)C1. The van der Waals surface area contributed by atoms with Gasteiger partial charge in [0.05, 0.1) is 0 Å². The molecule has 2 atom stereocenters. The number of carbonyl (C=O) groups excluding carboxylic acids is 1. The van der Waals surface area contributed by atoms with E-state index in [-0.39, 0.29) is 11.3 Å². The molecular formula is C17H22Cl2O. The van der Waals surface area contributed by atoms with Crippen LogP contribution >= 0.6 is 23.2 Å². The van der Waals surface area contributed by atoms with Gasteiger partial charge in [-0.3, -0.25) is 4.79 Å². The zero-order valence-electron chi connectivity index (χ0n) is 12.4. The topological polar surface area (TPSA) is 17.1 Å². The highest BCUT2D eigenvalue weighted by Gasteiger charge is 2.38. The highest BCUT2D eigenvalue weighted by molar-refractivity contribution is 6.33. The van der Waals surface area contributed by atoms with Gasteiger partial charge >= 0.3 is 0 Å². The number of Topliss-reactive ketones (excluding diaryl/α,β-unsaturated/α-hetero) is 1. The van der Waals surface area contributed by atoms with Gasteiger partial charge in [0, 0.05) is 22.4 Å². The maximum absolute atomic E-state index is 12.3. The number of hydrogen-bond donors (Lipinski definition) is 0. The van der Waals surface area contributed by atoms with E-state index < -0.39 is 0 Å². The number of rotatable bonds is 3. The van der Waals surface area contributed by atoms with Crippen LogP contribution in [0.5, 0.6) is 0 Å². The molecular weight excluding hydrogens is 291 g/mol. The minimum absolute atomic E-state index is 0.0778. The number of halogens is 2. The van der Waals surface area contributed by atoms with Crippen molar-refractivity contribution in [2.75, 3.05) is 0 Å². The fourth-order valence-corrected chi connectivity index (χ4v) is 3.70. The first-order valence-corrected chi connectivity index (χ1v) is 8.02. The molecule has 1 aromatic rings. The van der Waals surface area contributed by atoms with Crippen LogP contribution in [0.3, 0.4) is 0 Å². The van der Waals surface area contributed by atoms with Gasteiger partial charge in [0.15, 0.2) is 0 Å². The Hall–Kier alpha value is -0.530. The summed E-state index contributed by atoms with van der Waals surface area (Å²) in [5.41, 5.74) is 0.960. The predicted molar refractivity (Wildman–Crippen MR) is 85.5 cm³/mol. The van der Waals surface area contributed by atoms with Crippen molar-refractivity contribution in [2.45, 2.75) is 46.5 Å². The predicted octanol–water partition coefficient (Wildman–Crippen LogP) is 5.57. The van der Waals surface area contributed by atoms with Crippen LogP contribution in [0.4, 0.5) is 0 Å². The van der Waals surface area contributed by atoms with E-state index in [1.807, 2.05) is 12.1 Å². The van der Waals surface area contributed by atoms with Crippen LogP contribution in [0.1, 0.15) is 45.6 Å². The van der Waals surface area contributed by atoms with Gasteiger partial charge in [-0.05, 0) is 54.4 Å². The minimum atomic E-state index is -0.0778. The van der Waals surface area contributed by atoms with Gasteiger partial charge in [-0.25, -0.2) is 0 Å². The molecule has 110 valence electrons. The molecule has 3 heteroatoms. The van der Waals surface area contributed by atoms with Crippen molar-refractivity contribution in [1.29, 1.82) is 0 Å². The molecule has 1 aliphatic rings. The number of hydrogen-bond acceptors (Lipinski definition) is 1. The third kappa shape index (κ3) is 3.56. The summed E-state index contributed by atoms with van der Waals surface area (Å²) in [6.45, 7) is 6.50. The van der Waals surface area contributed by atoms with Crippen molar-refractivity contribution in [2.24, 2.45) is 17.3 Å². The van der Waals surface area contributed by atoms with Crippen molar-refractivity contribution < 1.29 is 4.79 Å². The second-order valence-electron chi connectivity index (χ2n) is 6.81. The lowest BCUT2D eigenvalue weighted by atomic mass is 9.66. The monoisotopic (exact) mass is 312 g/mol. The molecule has 0 bridgehead atoms. The molecule has 1 fully saturated rings. The fourth-order valence-electron chi connectivity index (χ4n) is 3.32. The van der Waals surface area contributed by atoms with Crippen LogP contribution in [0.2, 0.25) is 10.0 Å². The Bertz CT molecular complexity index is 508. The third-order valence-electron chi connectivity index (χ3n) is 4.48. The maximum Gasteiger partial charge on any atom is 0.136 e. The molecule has 1 aliphatic carbocycles. The summed E-state index contributed by atoms with van der Waals surface area (Å²) in [5, 5.41) is 1.43. The van der Waals surface area contributed by atoms with Crippen LogP contribution in [0, 0.1) is 17.3 Å². The van der Waals surface area contributed by atoms with Gasteiger partial charge < -0.3 is 0 Å². The van der Waals surface area contributed by atoms with Crippen molar-refractivity contribution in [3.63, 3.8) is 0 Å². The average molecular weight is 313 g/mol. The van der Waals surface area contributed by atoms with Crippen LogP contribution < -0.4 is 0 Å². The van der Waals surface area contributed by atoms with E-state index in [2.05, 4.69) is 20.8 Å². The Balaban J connectivity index is 2.18. The van der Waals surface area contributed by atoms with Crippen molar-refractivity contribution >= 4 is 29.0 Å². The molecule has 2 rings (SSSR count). The van der Waals surface area contributed by atoms with Crippen molar-refractivity contribution in [1.82, 2.24) is 0 Å². The first-order chi connectivity index (χ1) is 9.29. The van der Waals surface area contributed by atoms with E-state index in [4.69, 9.17) is 23.2 Å². The molecule has 0 N–H and O–H groups in total. The maximum atomic E-state index is 12.3. The van der Waals surface area contributed by atoms with Gasteiger partial charge in [-0.15, -0.1) is 0 Å². The summed E-state index contributed by atoms with van der Waals surface area (Å²) >= 11 is 12.3. The molecule has 2 unspecified atom stereocenters. The van der Waals surface area contributed by atoms with E-state index in [0.29, 0.717) is 16.7 Å². The minimum Gasteiger partial charge on any atom is -0.299 e. The van der Waals surface area contributed by atoms with Crippen molar-refractivity contribution in [3.05, 3.63) is 33.8 Å². The van der Waals surface area contributed by atoms with Crippen LogP contribution in [0.25, 0.3) is 0 Å². The lowest BCUT2D eigenvalue weighted by molar-refractivity contribution is -0.129. The van der Waals surface area contributed by atoms with E-state index in [1.54, 1.807) is 6.07 Å². The average Bonchev–Trinajstić information content (AvgIpc) is 2.33. The quantitative estimate of drug-likeness (QED) is 0.713. The summed E-state index contributed by atoms with van der Waals surface area (Å²) in [7, 11) is 0. The van der Waals surface area contributed by atoms with Crippen LogP contribution in [0.15, 0.2) is 18.2 Å². The first kappa shape index (κ1) is 15.9. The van der Waals surface area contributed by atoms with Gasteiger partial charge in [0.1, 0.15) is 5.78 Å². The van der Waals surface area contributed by atoms with Gasteiger partial charge in [-0.1, -0.05) is 44.0 Å². The summed E-state index contributed by atoms with van der Waals surface area (Å²) in [5.74, 6) is 1.07. The number of carbonyl (C=O) groups is 1. The molecule has 0 spiro atoms. The Labute approximate surface area is 131 Å². The molecule has 0 amide bonds. The largest absolute Gasteiger partial charge is 0.299 e. The summed E-state index contributed by atoms with van der Waals surface area (Å²) < 4.78 is 0. The van der Waals surface area contributed by atoms with Gasteiger partial charge in [0.25, 0.3) is 0 Å². The first-order valence-electron chi connectivity index (χ1n) is 7.26. The van der Waals surface area contributed by atoms with E-state index >= 15 is 0 Å². The fraction of sp³-hybridized carbons (Fsp3) is 0.588. The molecule has 0 heterocycles. The Morgan fingerprint density at radius 2 is 1.95 bits per heavy atom. The number of benzene rings is 1. The van der Waals surface area contributed by atoms with Crippen molar-refractivity contribution in [3.8, 4) is 0 Å². The highest BCUT2D eigenvalue weighted by atomic mass is 35.5. The molecule has 0 aliphatic heterocycles. The standard InChI is InChI=1S/C17H22Cl2O/c1-11-4-6-14(16(20)8-11)17(2,3)10-12-9-13(18)5-7-15(12)19/h5,7,9,11,14H,4,6,8,10H2,1-3H3. The summed E-state index contributed by atoms with van der Waals surface area (Å²) in [6.07, 6.45) is 3.64. The van der Waals surface area contributed by atoms with E-state index in [1.165, 1.54) is 0 Å². The van der Waals surface area contributed by atoms with E-state index in [0.717, 1.165) is 36.3 Å². The zero-order valence-corrected chi connectivity index (χ0v) is 13.9. The van der Waals surface area contributed by atoms with Crippen LogP contribution in [-0.4, -0.2) is 5.78 Å². The summed E-state index contributed by atoms with van der Waals surface area (Å²) in [6, 6.07) is 5.55. The molecule has 1 nitrogen and oxygen atoms in total. The lowest BCUT2D eigenvalue weighted by Gasteiger charge is -2.37. The molecule has 1 saturated carbocycles. The number of ketones is 1. The molecule has 1 aromatic carbocycles. The molecule has 0 radical (unpaired) electrons. The third-order valence-corrected chi connectivity index (χ3v) is 5.09. The van der Waals surface area contributed by atoms with Gasteiger partial charge in [-0.2, -0.15) is 0 Å². The normalized spacial score (nSPS) is 23.9. The Morgan fingerprint density at radius 3 is 2.60 bits per heavy atom. The summed E-state index contributed by atoms with van der Waals surface area (Å²) in [4.78, 5) is 12.3. The molecule has 0 aromatic heterocycles. The van der Waals surface area contributed by atoms with E-state index in [9.17, 15) is 4.79 Å². The smallest absolute Gasteiger partial charge is 0.136 e. The van der Waals surface area contributed by atoms with Crippen LogP contribution in [-0.2, 0) is 11.2 Å². The van der Waals surface area contributed by atoms with Gasteiger partial charge in [0.2, 0.25) is 0 Å². The Kier molecular flexibility index (Phi) is 4.81. The zero-order chi connectivity index (χ0) is 14.9. The second kappa shape index (κ2) is 6.07. The molecule has 0 saturated heterocycles. The highest BCUT2D eigenvalue weighted by Crippen LogP contribution is 2.41. The second-order valence-corrected chi connectivity index (χ2v) is 7.65. The lowest BCUT2D eigenvalue weighted by Crippen LogP contribution is -2.36. The molecule has 20 heavy (non-hydrogen) atoms. The Morgan fingerprint density at radius 1 is 1.25 bits per heavy atom.